The Morgan fingerprint density at radius 3 is 2.09 bits per heavy atom. The molecule has 5 rings (SSSR count). The van der Waals surface area contributed by atoms with Gasteiger partial charge in [-0.15, -0.1) is 0 Å². The van der Waals surface area contributed by atoms with Crippen LogP contribution in [-0.4, -0.2) is 38.5 Å². The molecule has 3 aliphatic rings. The monoisotopic (exact) mass is 461 g/mol. The van der Waals surface area contributed by atoms with Crippen LogP contribution in [0.4, 0.5) is 0 Å². The van der Waals surface area contributed by atoms with Crippen molar-refractivity contribution in [1.29, 1.82) is 0 Å². The first-order valence-corrected chi connectivity index (χ1v) is 12.1. The van der Waals surface area contributed by atoms with Gasteiger partial charge in [0.05, 0.1) is 17.0 Å². The van der Waals surface area contributed by atoms with E-state index in [9.17, 15) is 14.7 Å². The van der Waals surface area contributed by atoms with Crippen LogP contribution in [0, 0.1) is 0 Å². The topological polar surface area (TPSA) is 78.3 Å². The van der Waals surface area contributed by atoms with Gasteiger partial charge in [0.15, 0.2) is 5.69 Å². The predicted molar refractivity (Wildman–Crippen MR) is 118 cm³/mol. The molecular weight excluding hydrogens is 429 g/mol. The number of nitrogens with zero attached hydrogens (tertiary/aromatic N) is 3. The zero-order chi connectivity index (χ0) is 21.4. The molecule has 3 atom stereocenters. The molecular formula is C25H32KN3O3. The van der Waals surface area contributed by atoms with Gasteiger partial charge in [-0.05, 0) is 50.7 Å². The van der Waals surface area contributed by atoms with Crippen molar-refractivity contribution in [2.75, 3.05) is 0 Å². The van der Waals surface area contributed by atoms with Crippen molar-refractivity contribution in [2.45, 2.75) is 101 Å². The van der Waals surface area contributed by atoms with Crippen LogP contribution in [0.15, 0.2) is 29.1 Å². The zero-order valence-corrected chi connectivity index (χ0v) is 22.3. The Bertz CT molecular complexity index is 1000. The third-order valence-electron chi connectivity index (χ3n) is 7.86. The van der Waals surface area contributed by atoms with Gasteiger partial charge in [0.2, 0.25) is 0 Å². The predicted octanol–water partition coefficient (Wildman–Crippen LogP) is 0.435. The summed E-state index contributed by atoms with van der Waals surface area (Å²) in [5, 5.41) is 11.6. The number of rotatable bonds is 3. The van der Waals surface area contributed by atoms with Crippen molar-refractivity contribution in [3.05, 3.63) is 40.3 Å². The summed E-state index contributed by atoms with van der Waals surface area (Å²) in [6.07, 6.45) is 14.8. The Balaban J connectivity index is 0.00000245. The molecule has 2 aliphatic heterocycles. The maximum atomic E-state index is 13.2. The van der Waals surface area contributed by atoms with Gasteiger partial charge < -0.3 is 14.5 Å². The Hall–Kier alpha value is -0.574. The van der Waals surface area contributed by atoms with Crippen molar-refractivity contribution in [3.8, 4) is 0 Å². The Morgan fingerprint density at radius 2 is 1.44 bits per heavy atom. The number of carbonyl (C=O) groups is 1. The number of fused-ring (bicyclic) bond motifs is 3. The summed E-state index contributed by atoms with van der Waals surface area (Å²) in [6.45, 7) is 0. The van der Waals surface area contributed by atoms with Crippen LogP contribution in [-0.2, 0) is 0 Å². The molecule has 0 spiro atoms. The summed E-state index contributed by atoms with van der Waals surface area (Å²) >= 11 is 0. The number of carboxylic acid groups (broad SMARTS) is 1. The van der Waals surface area contributed by atoms with E-state index in [-0.39, 0.29) is 57.4 Å². The maximum absolute atomic E-state index is 13.2. The first kappa shape index (κ1) is 24.5. The number of aromatic carboxylic acids is 1. The van der Waals surface area contributed by atoms with Crippen LogP contribution in [0.2, 0.25) is 0 Å². The molecule has 2 bridgehead atoms. The molecule has 3 fully saturated rings. The molecule has 1 saturated carbocycles. The molecule has 1 aromatic carbocycles. The van der Waals surface area contributed by atoms with E-state index >= 15 is 0 Å². The second-order valence-corrected chi connectivity index (χ2v) is 9.72. The molecule has 2 saturated heterocycles. The molecule has 0 radical (unpaired) electrons. The van der Waals surface area contributed by atoms with Crippen LogP contribution in [0.25, 0.3) is 11.0 Å². The summed E-state index contributed by atoms with van der Waals surface area (Å²) in [4.78, 5) is 31.7. The van der Waals surface area contributed by atoms with Gasteiger partial charge in [-0.3, -0.25) is 9.69 Å². The van der Waals surface area contributed by atoms with E-state index in [1.54, 1.807) is 10.6 Å². The van der Waals surface area contributed by atoms with Gasteiger partial charge in [-0.25, -0.2) is 4.98 Å². The minimum absolute atomic E-state index is 0. The Labute approximate surface area is 232 Å². The van der Waals surface area contributed by atoms with Crippen molar-refractivity contribution in [2.24, 2.45) is 0 Å². The van der Waals surface area contributed by atoms with Gasteiger partial charge in [0, 0.05) is 24.2 Å². The summed E-state index contributed by atoms with van der Waals surface area (Å²) < 4.78 is 1.73. The molecule has 32 heavy (non-hydrogen) atoms. The largest absolute Gasteiger partial charge is 1.00 e. The summed E-state index contributed by atoms with van der Waals surface area (Å²) in [5.41, 5.74) is 0.307. The van der Waals surface area contributed by atoms with Gasteiger partial charge in [0.1, 0.15) is 0 Å². The van der Waals surface area contributed by atoms with E-state index in [4.69, 9.17) is 0 Å². The normalized spacial score (nSPS) is 27.3. The fourth-order valence-electron chi connectivity index (χ4n) is 6.58. The van der Waals surface area contributed by atoms with Crippen LogP contribution in [0.3, 0.4) is 0 Å². The van der Waals surface area contributed by atoms with Crippen molar-refractivity contribution in [1.82, 2.24) is 14.5 Å². The first-order chi connectivity index (χ1) is 15.1. The second kappa shape index (κ2) is 10.8. The SMILES string of the molecule is O=C([O-])c1nc2ccccc2n([C@@H]2C[C@H]3CCC[C@@H](C2)N3C2CCCCCCC2)c1=O.[K+]. The number of piperidine rings is 2. The Morgan fingerprint density at radius 1 is 0.844 bits per heavy atom. The maximum Gasteiger partial charge on any atom is 1.00 e. The molecule has 1 aliphatic carbocycles. The number of hydrogen-bond acceptors (Lipinski definition) is 5. The third-order valence-corrected chi connectivity index (χ3v) is 7.86. The average molecular weight is 462 g/mol. The molecule has 3 heterocycles. The van der Waals surface area contributed by atoms with E-state index in [1.807, 2.05) is 18.2 Å². The fourth-order valence-corrected chi connectivity index (χ4v) is 6.58. The number of carbonyl (C=O) groups excluding carboxylic acids is 1. The second-order valence-electron chi connectivity index (χ2n) is 9.72. The van der Waals surface area contributed by atoms with Crippen molar-refractivity contribution in [3.63, 3.8) is 0 Å². The molecule has 0 unspecified atom stereocenters. The number of carboxylic acids is 1. The summed E-state index contributed by atoms with van der Waals surface area (Å²) in [7, 11) is 0. The van der Waals surface area contributed by atoms with E-state index in [1.165, 1.54) is 64.2 Å². The number of para-hydroxylation sites is 2. The first-order valence-electron chi connectivity index (χ1n) is 12.1. The molecule has 0 amide bonds. The Kier molecular flexibility index (Phi) is 8.27. The molecule has 1 aromatic heterocycles. The van der Waals surface area contributed by atoms with Gasteiger partial charge in [0.25, 0.3) is 5.56 Å². The number of benzene rings is 1. The quantitative estimate of drug-likeness (QED) is 0.620. The average Bonchev–Trinajstić information content (AvgIpc) is 2.72. The third kappa shape index (κ3) is 4.79. The number of aromatic nitrogens is 2. The minimum Gasteiger partial charge on any atom is -0.543 e. The van der Waals surface area contributed by atoms with E-state index in [0.717, 1.165) is 18.4 Å². The number of hydrogen-bond donors (Lipinski definition) is 0. The summed E-state index contributed by atoms with van der Waals surface area (Å²) in [5.74, 6) is -1.49. The van der Waals surface area contributed by atoms with Crippen LogP contribution >= 0.6 is 0 Å². The van der Waals surface area contributed by atoms with E-state index in [2.05, 4.69) is 9.88 Å². The smallest absolute Gasteiger partial charge is 0.543 e. The molecule has 166 valence electrons. The fraction of sp³-hybridized carbons (Fsp3) is 0.640. The van der Waals surface area contributed by atoms with Gasteiger partial charge in [-0.1, -0.05) is 50.7 Å². The molecule has 6 nitrogen and oxygen atoms in total. The van der Waals surface area contributed by atoms with E-state index in [0.29, 0.717) is 23.6 Å². The molecule has 7 heteroatoms. The zero-order valence-electron chi connectivity index (χ0n) is 19.2. The van der Waals surface area contributed by atoms with Crippen LogP contribution < -0.4 is 62.1 Å². The van der Waals surface area contributed by atoms with Crippen LogP contribution in [0.5, 0.6) is 0 Å². The van der Waals surface area contributed by atoms with Crippen LogP contribution in [0.1, 0.15) is 93.6 Å². The van der Waals surface area contributed by atoms with E-state index < -0.39 is 17.2 Å². The standard InChI is InChI=1S/C25H33N3O3.K/c29-24-23(25(30)31)26-21-13-6-7-14-22(21)28(24)20-15-18-11-8-12-19(16-20)27(18)17-9-4-2-1-3-5-10-17;/h6-7,13-14,17-20H,1-5,8-12,15-16H2,(H,30,31);/q;+1/p-1/t18-,19+,20-;. The summed E-state index contributed by atoms with van der Waals surface area (Å²) in [6, 6.07) is 9.03. The van der Waals surface area contributed by atoms with Crippen molar-refractivity contribution < 1.29 is 61.3 Å². The minimum atomic E-state index is -1.49. The van der Waals surface area contributed by atoms with Gasteiger partial charge in [-0.2, -0.15) is 0 Å². The molecule has 0 N–H and O–H groups in total. The van der Waals surface area contributed by atoms with Crippen molar-refractivity contribution >= 4 is 17.0 Å². The van der Waals surface area contributed by atoms with Gasteiger partial charge >= 0.3 is 51.4 Å². The molecule has 2 aromatic rings.